The largest absolute Gasteiger partial charge is 0.573 e. The Morgan fingerprint density at radius 1 is 1.24 bits per heavy atom. The molecule has 8 nitrogen and oxygen atoms in total. The normalized spacial score (nSPS) is 19.2. The summed E-state index contributed by atoms with van der Waals surface area (Å²) >= 11 is 0. The number of carboxylic acids is 1. The van der Waals surface area contributed by atoms with Crippen molar-refractivity contribution in [2.24, 2.45) is 0 Å². The molecule has 1 aliphatic rings. The van der Waals surface area contributed by atoms with Crippen LogP contribution in [-0.4, -0.2) is 39.9 Å². The van der Waals surface area contributed by atoms with Crippen LogP contribution >= 0.6 is 0 Å². The van der Waals surface area contributed by atoms with Crippen molar-refractivity contribution >= 4 is 23.6 Å². The Morgan fingerprint density at radius 3 is 2.48 bits per heavy atom. The monoisotopic (exact) mass is 409 g/mol. The molecule has 1 fully saturated rings. The van der Waals surface area contributed by atoms with E-state index in [0.29, 0.717) is 5.56 Å². The molecule has 1 atom stereocenters. The van der Waals surface area contributed by atoms with E-state index in [0.717, 1.165) is 35.4 Å². The fourth-order valence-electron chi connectivity index (χ4n) is 2.99. The number of ether oxygens (including phenoxy) is 1. The first-order valence-electron chi connectivity index (χ1n) is 8.19. The number of halogens is 3. The molecule has 11 heteroatoms. The number of aromatic nitrogens is 1. The van der Waals surface area contributed by atoms with Crippen molar-refractivity contribution in [2.45, 2.75) is 25.2 Å². The molecule has 3 amide bonds. The molecule has 2 aromatic rings. The number of nitrogens with zero attached hydrogens (tertiary/aromatic N) is 2. The standard InChI is InChI=1S/C18H14F3N3O5/c1-17(8-10-6-7-22-9-13(10)14(25)26)15(27)24(16(28)23-17)11-2-4-12(5-3-11)29-18(19,20)21/h2-7,9H,8H2,1H3,(H,23,28)(H,25,26). The summed E-state index contributed by atoms with van der Waals surface area (Å²) in [6.45, 7) is 1.43. The van der Waals surface area contributed by atoms with Gasteiger partial charge in [0, 0.05) is 18.8 Å². The Labute approximate surface area is 161 Å². The summed E-state index contributed by atoms with van der Waals surface area (Å²) in [4.78, 5) is 41.1. The maximum absolute atomic E-state index is 12.9. The van der Waals surface area contributed by atoms with Crippen LogP contribution in [0.1, 0.15) is 22.8 Å². The van der Waals surface area contributed by atoms with E-state index >= 15 is 0 Å². The van der Waals surface area contributed by atoms with Crippen LogP contribution in [0.3, 0.4) is 0 Å². The molecule has 1 aromatic carbocycles. The minimum atomic E-state index is -4.87. The van der Waals surface area contributed by atoms with E-state index in [1.807, 2.05) is 0 Å². The number of rotatable bonds is 5. The fraction of sp³-hybridized carbons (Fsp3) is 0.222. The topological polar surface area (TPSA) is 109 Å². The number of carbonyl (C=O) groups is 3. The summed E-state index contributed by atoms with van der Waals surface area (Å²) in [5.74, 6) is -2.41. The highest BCUT2D eigenvalue weighted by Crippen LogP contribution is 2.30. The summed E-state index contributed by atoms with van der Waals surface area (Å²) in [7, 11) is 0. The van der Waals surface area contributed by atoms with E-state index in [1.165, 1.54) is 19.2 Å². The lowest BCUT2D eigenvalue weighted by molar-refractivity contribution is -0.274. The van der Waals surface area contributed by atoms with Gasteiger partial charge in [-0.2, -0.15) is 0 Å². The van der Waals surface area contributed by atoms with Gasteiger partial charge in [0.15, 0.2) is 0 Å². The van der Waals surface area contributed by atoms with E-state index in [1.54, 1.807) is 0 Å². The van der Waals surface area contributed by atoms with Gasteiger partial charge in [0.25, 0.3) is 5.91 Å². The number of urea groups is 1. The second-order valence-electron chi connectivity index (χ2n) is 6.46. The molecule has 1 aromatic heterocycles. The predicted molar refractivity (Wildman–Crippen MR) is 92.4 cm³/mol. The zero-order chi connectivity index (χ0) is 21.4. The maximum atomic E-state index is 12.9. The first kappa shape index (κ1) is 20.1. The van der Waals surface area contributed by atoms with Crippen molar-refractivity contribution in [1.29, 1.82) is 0 Å². The Morgan fingerprint density at radius 2 is 1.90 bits per heavy atom. The summed E-state index contributed by atoms with van der Waals surface area (Å²) < 4.78 is 40.6. The lowest BCUT2D eigenvalue weighted by Gasteiger charge is -2.22. The molecule has 2 N–H and O–H groups in total. The second-order valence-corrected chi connectivity index (χ2v) is 6.46. The molecule has 0 bridgehead atoms. The number of alkyl halides is 3. The number of amides is 3. The first-order chi connectivity index (χ1) is 13.5. The van der Waals surface area contributed by atoms with Crippen LogP contribution in [0.2, 0.25) is 0 Å². The van der Waals surface area contributed by atoms with E-state index in [4.69, 9.17) is 0 Å². The number of hydrogen-bond acceptors (Lipinski definition) is 5. The molecule has 1 unspecified atom stereocenters. The Bertz CT molecular complexity index is 977. The summed E-state index contributed by atoms with van der Waals surface area (Å²) in [6, 6.07) is 4.88. The molecule has 0 saturated carbocycles. The van der Waals surface area contributed by atoms with Crippen molar-refractivity contribution in [1.82, 2.24) is 10.3 Å². The van der Waals surface area contributed by atoms with Crippen LogP contribution in [0.25, 0.3) is 0 Å². The molecule has 152 valence electrons. The molecule has 29 heavy (non-hydrogen) atoms. The predicted octanol–water partition coefficient (Wildman–Crippen LogP) is 2.74. The summed E-state index contributed by atoms with van der Waals surface area (Å²) in [5, 5.41) is 11.8. The summed E-state index contributed by atoms with van der Waals surface area (Å²) in [6.07, 6.45) is -2.48. The van der Waals surface area contributed by atoms with E-state index in [2.05, 4.69) is 15.0 Å². The number of benzene rings is 1. The zero-order valence-corrected chi connectivity index (χ0v) is 14.9. The van der Waals surface area contributed by atoms with Gasteiger partial charge in [-0.05, 0) is 42.8 Å². The third-order valence-corrected chi connectivity index (χ3v) is 4.28. The molecule has 0 aliphatic carbocycles. The van der Waals surface area contributed by atoms with Gasteiger partial charge in [0.05, 0.1) is 11.3 Å². The lowest BCUT2D eigenvalue weighted by Crippen LogP contribution is -2.46. The van der Waals surface area contributed by atoms with E-state index in [9.17, 15) is 32.7 Å². The number of imide groups is 1. The van der Waals surface area contributed by atoms with Crippen LogP contribution in [0.5, 0.6) is 5.75 Å². The quantitative estimate of drug-likeness (QED) is 0.735. The minimum absolute atomic E-state index is 0.0407. The van der Waals surface area contributed by atoms with E-state index < -0.39 is 35.6 Å². The van der Waals surface area contributed by atoms with Crippen LogP contribution in [0.15, 0.2) is 42.7 Å². The van der Waals surface area contributed by atoms with Gasteiger partial charge in [-0.1, -0.05) is 0 Å². The van der Waals surface area contributed by atoms with Crippen molar-refractivity contribution in [2.75, 3.05) is 4.90 Å². The van der Waals surface area contributed by atoms with Crippen molar-refractivity contribution in [3.8, 4) is 5.75 Å². The number of anilines is 1. The van der Waals surface area contributed by atoms with Gasteiger partial charge in [-0.3, -0.25) is 9.78 Å². The van der Waals surface area contributed by atoms with Crippen LogP contribution < -0.4 is 15.0 Å². The average Bonchev–Trinajstić information content (AvgIpc) is 2.83. The molecular formula is C18H14F3N3O5. The number of hydrogen-bond donors (Lipinski definition) is 2. The van der Waals surface area contributed by atoms with Gasteiger partial charge < -0.3 is 15.2 Å². The van der Waals surface area contributed by atoms with Gasteiger partial charge in [0.2, 0.25) is 0 Å². The Hall–Kier alpha value is -3.63. The number of nitrogens with one attached hydrogen (secondary N) is 1. The Kier molecular flexibility index (Phi) is 4.91. The van der Waals surface area contributed by atoms with Crippen molar-refractivity contribution < 1.29 is 37.4 Å². The number of carboxylic acid groups (broad SMARTS) is 1. The van der Waals surface area contributed by atoms with Crippen molar-refractivity contribution in [3.63, 3.8) is 0 Å². The minimum Gasteiger partial charge on any atom is -0.478 e. The highest BCUT2D eigenvalue weighted by Gasteiger charge is 2.48. The molecule has 0 spiro atoms. The Balaban J connectivity index is 1.85. The maximum Gasteiger partial charge on any atom is 0.573 e. The molecule has 0 radical (unpaired) electrons. The zero-order valence-electron chi connectivity index (χ0n) is 14.9. The SMILES string of the molecule is CC1(Cc2ccncc2C(=O)O)NC(=O)N(c2ccc(OC(F)(F)F)cc2)C1=O. The lowest BCUT2D eigenvalue weighted by atomic mass is 9.91. The first-order valence-corrected chi connectivity index (χ1v) is 8.19. The molecule has 1 saturated heterocycles. The van der Waals surface area contributed by atoms with E-state index in [-0.39, 0.29) is 17.7 Å². The van der Waals surface area contributed by atoms with Crippen LogP contribution in [-0.2, 0) is 11.2 Å². The van der Waals surface area contributed by atoms with Gasteiger partial charge in [-0.15, -0.1) is 13.2 Å². The summed E-state index contributed by atoms with van der Waals surface area (Å²) in [5.41, 5.74) is -1.23. The molecule has 2 heterocycles. The number of carbonyl (C=O) groups excluding carboxylic acids is 2. The number of pyridine rings is 1. The average molecular weight is 409 g/mol. The number of aromatic carboxylic acids is 1. The second kappa shape index (κ2) is 7.08. The van der Waals surface area contributed by atoms with Gasteiger partial charge in [-0.25, -0.2) is 14.5 Å². The van der Waals surface area contributed by atoms with Crippen LogP contribution in [0, 0.1) is 0 Å². The van der Waals surface area contributed by atoms with Crippen molar-refractivity contribution in [3.05, 3.63) is 53.9 Å². The fourth-order valence-corrected chi connectivity index (χ4v) is 2.99. The smallest absolute Gasteiger partial charge is 0.478 e. The molecular weight excluding hydrogens is 395 g/mol. The highest BCUT2D eigenvalue weighted by molar-refractivity contribution is 6.23. The third-order valence-electron chi connectivity index (χ3n) is 4.28. The molecule has 3 rings (SSSR count). The van der Waals surface area contributed by atoms with Gasteiger partial charge >= 0.3 is 18.4 Å². The third kappa shape index (κ3) is 4.13. The van der Waals surface area contributed by atoms with Crippen LogP contribution in [0.4, 0.5) is 23.7 Å². The van der Waals surface area contributed by atoms with Gasteiger partial charge in [0.1, 0.15) is 11.3 Å². The molecule has 1 aliphatic heterocycles. The highest BCUT2D eigenvalue weighted by atomic mass is 19.4.